The largest absolute Gasteiger partial charge is 0.481 e. The molecule has 3 amide bonds. The monoisotopic (exact) mass is 480 g/mol. The summed E-state index contributed by atoms with van der Waals surface area (Å²) in [6.45, 7) is 1.98. The number of carbonyl (C=O) groups excluding carboxylic acids is 3. The van der Waals surface area contributed by atoms with Gasteiger partial charge in [-0.05, 0) is 36.2 Å². The number of piperazine rings is 1. The minimum atomic E-state index is -1.14. The lowest BCUT2D eigenvalue weighted by molar-refractivity contribution is -0.162. The van der Waals surface area contributed by atoms with Crippen molar-refractivity contribution in [3.05, 3.63) is 65.2 Å². The molecular weight excluding hydrogens is 452 g/mol. The van der Waals surface area contributed by atoms with Crippen molar-refractivity contribution in [3.8, 4) is 0 Å². The van der Waals surface area contributed by atoms with Gasteiger partial charge in [-0.1, -0.05) is 31.2 Å². The van der Waals surface area contributed by atoms with E-state index in [1.54, 1.807) is 24.3 Å². The SMILES string of the molecule is CCCN1C(=O)C(=O)N(C(CC(=O)O)c2ccc(N)cc2)CC1NC(=O)c1ccc(C(=N)N)cc1. The zero-order valence-electron chi connectivity index (χ0n) is 19.2. The summed E-state index contributed by atoms with van der Waals surface area (Å²) in [4.78, 5) is 53.1. The molecule has 35 heavy (non-hydrogen) atoms. The number of nitrogens with one attached hydrogen (secondary N) is 2. The van der Waals surface area contributed by atoms with E-state index >= 15 is 0 Å². The minimum Gasteiger partial charge on any atom is -0.481 e. The van der Waals surface area contributed by atoms with Crippen molar-refractivity contribution < 1.29 is 24.3 Å². The molecule has 0 saturated carbocycles. The van der Waals surface area contributed by atoms with Crippen LogP contribution < -0.4 is 16.8 Å². The Morgan fingerprint density at radius 3 is 2.23 bits per heavy atom. The molecule has 7 N–H and O–H groups in total. The number of hydrogen-bond donors (Lipinski definition) is 5. The van der Waals surface area contributed by atoms with Gasteiger partial charge < -0.3 is 31.7 Å². The fourth-order valence-corrected chi connectivity index (χ4v) is 3.97. The minimum absolute atomic E-state index is 0.0931. The van der Waals surface area contributed by atoms with Gasteiger partial charge in [-0.3, -0.25) is 24.6 Å². The Labute approximate surface area is 202 Å². The Balaban J connectivity index is 1.91. The summed E-state index contributed by atoms with van der Waals surface area (Å²) in [7, 11) is 0. The zero-order valence-corrected chi connectivity index (χ0v) is 19.2. The van der Waals surface area contributed by atoms with Gasteiger partial charge in [0.2, 0.25) is 0 Å². The van der Waals surface area contributed by atoms with Gasteiger partial charge in [-0.2, -0.15) is 0 Å². The second kappa shape index (κ2) is 10.7. The van der Waals surface area contributed by atoms with Gasteiger partial charge in [-0.15, -0.1) is 0 Å². The summed E-state index contributed by atoms with van der Waals surface area (Å²) in [5, 5.41) is 19.7. The van der Waals surface area contributed by atoms with E-state index < -0.39 is 42.3 Å². The molecule has 0 bridgehead atoms. The molecule has 3 rings (SSSR count). The smallest absolute Gasteiger partial charge is 0.313 e. The second-order valence-electron chi connectivity index (χ2n) is 8.22. The number of anilines is 1. The Kier molecular flexibility index (Phi) is 7.69. The van der Waals surface area contributed by atoms with E-state index in [0.717, 1.165) is 0 Å². The van der Waals surface area contributed by atoms with Crippen LogP contribution in [-0.2, 0) is 14.4 Å². The number of carboxylic acid groups (broad SMARTS) is 1. The first-order chi connectivity index (χ1) is 16.6. The Bertz CT molecular complexity index is 1130. The third-order valence-corrected chi connectivity index (χ3v) is 5.74. The number of benzene rings is 2. The van der Waals surface area contributed by atoms with Crippen LogP contribution in [0, 0.1) is 5.41 Å². The maximum Gasteiger partial charge on any atom is 0.313 e. The summed E-state index contributed by atoms with van der Waals surface area (Å²) >= 11 is 0. The van der Waals surface area contributed by atoms with Crippen LogP contribution in [-0.4, -0.2) is 63.7 Å². The lowest BCUT2D eigenvalue weighted by atomic mass is 9.99. The fourth-order valence-electron chi connectivity index (χ4n) is 3.97. The van der Waals surface area contributed by atoms with Crippen LogP contribution in [0.15, 0.2) is 48.5 Å². The maximum absolute atomic E-state index is 13.0. The molecule has 2 atom stereocenters. The number of carbonyl (C=O) groups is 4. The van der Waals surface area contributed by atoms with E-state index in [1.165, 1.54) is 34.1 Å². The molecule has 1 aliphatic rings. The number of rotatable bonds is 9. The van der Waals surface area contributed by atoms with Crippen LogP contribution in [0.1, 0.15) is 47.3 Å². The van der Waals surface area contributed by atoms with Crippen LogP contribution >= 0.6 is 0 Å². The molecule has 0 aromatic heterocycles. The molecule has 11 nitrogen and oxygen atoms in total. The van der Waals surface area contributed by atoms with Gasteiger partial charge in [0.05, 0.1) is 19.0 Å². The van der Waals surface area contributed by atoms with E-state index in [2.05, 4.69) is 5.32 Å². The number of nitrogens with two attached hydrogens (primary N) is 2. The van der Waals surface area contributed by atoms with Gasteiger partial charge in [-0.25, -0.2) is 0 Å². The normalized spacial score (nSPS) is 16.7. The quantitative estimate of drug-likeness (QED) is 0.153. The number of nitrogens with zero attached hydrogens (tertiary/aromatic N) is 2. The van der Waals surface area contributed by atoms with Crippen molar-refractivity contribution in [3.63, 3.8) is 0 Å². The van der Waals surface area contributed by atoms with Crippen molar-refractivity contribution in [1.82, 2.24) is 15.1 Å². The molecule has 1 saturated heterocycles. The highest BCUT2D eigenvalue weighted by Gasteiger charge is 2.43. The van der Waals surface area contributed by atoms with E-state index in [1.807, 2.05) is 6.92 Å². The first-order valence-corrected chi connectivity index (χ1v) is 11.1. The van der Waals surface area contributed by atoms with E-state index in [4.69, 9.17) is 16.9 Å². The first-order valence-electron chi connectivity index (χ1n) is 11.1. The standard InChI is InChI=1S/C24H28N6O5/c1-2-11-29-19(28-22(33)16-5-3-15(4-6-16)21(26)27)13-30(24(35)23(29)34)18(12-20(31)32)14-7-9-17(25)10-8-14/h3-10,18-19H,2,11-13,25H2,1H3,(H3,26,27)(H,28,33)(H,31,32). The summed E-state index contributed by atoms with van der Waals surface area (Å²) in [6.07, 6.45) is -0.746. The zero-order chi connectivity index (χ0) is 25.7. The second-order valence-corrected chi connectivity index (χ2v) is 8.22. The lowest BCUT2D eigenvalue weighted by Crippen LogP contribution is -2.65. The van der Waals surface area contributed by atoms with Gasteiger partial charge in [0.15, 0.2) is 0 Å². The molecule has 0 spiro atoms. The molecule has 1 aliphatic heterocycles. The third-order valence-electron chi connectivity index (χ3n) is 5.74. The van der Waals surface area contributed by atoms with Crippen LogP contribution in [0.2, 0.25) is 0 Å². The number of hydrogen-bond acceptors (Lipinski definition) is 6. The average Bonchev–Trinajstić information content (AvgIpc) is 2.82. The predicted molar refractivity (Wildman–Crippen MR) is 128 cm³/mol. The van der Waals surface area contributed by atoms with Crippen molar-refractivity contribution in [2.24, 2.45) is 5.73 Å². The molecule has 2 aromatic carbocycles. The average molecular weight is 481 g/mol. The molecule has 184 valence electrons. The fraction of sp³-hybridized carbons (Fsp3) is 0.292. The number of nitrogen functional groups attached to an aromatic ring is 2. The summed E-state index contributed by atoms with van der Waals surface area (Å²) < 4.78 is 0. The highest BCUT2D eigenvalue weighted by Crippen LogP contribution is 2.29. The van der Waals surface area contributed by atoms with Crippen LogP contribution in [0.5, 0.6) is 0 Å². The number of aliphatic carboxylic acids is 1. The highest BCUT2D eigenvalue weighted by atomic mass is 16.4. The number of carboxylic acids is 1. The third kappa shape index (κ3) is 5.75. The van der Waals surface area contributed by atoms with Crippen molar-refractivity contribution in [2.75, 3.05) is 18.8 Å². The van der Waals surface area contributed by atoms with Gasteiger partial charge in [0.25, 0.3) is 5.91 Å². The molecule has 0 radical (unpaired) electrons. The summed E-state index contributed by atoms with van der Waals surface area (Å²) in [5.74, 6) is -3.42. The molecule has 11 heteroatoms. The molecule has 2 unspecified atom stereocenters. The lowest BCUT2D eigenvalue weighted by Gasteiger charge is -2.43. The van der Waals surface area contributed by atoms with Crippen LogP contribution in [0.25, 0.3) is 0 Å². The van der Waals surface area contributed by atoms with Crippen molar-refractivity contribution in [1.29, 1.82) is 5.41 Å². The van der Waals surface area contributed by atoms with E-state index in [0.29, 0.717) is 23.2 Å². The Morgan fingerprint density at radius 2 is 1.69 bits per heavy atom. The molecular formula is C24H28N6O5. The maximum atomic E-state index is 13.0. The Hall–Kier alpha value is -4.41. The molecule has 2 aromatic rings. The molecule has 1 fully saturated rings. The predicted octanol–water partition coefficient (Wildman–Crippen LogP) is 0.906. The van der Waals surface area contributed by atoms with Crippen LogP contribution in [0.4, 0.5) is 5.69 Å². The highest BCUT2D eigenvalue weighted by molar-refractivity contribution is 6.35. The summed E-state index contributed by atoms with van der Waals surface area (Å²) in [6, 6.07) is 11.6. The summed E-state index contributed by atoms with van der Waals surface area (Å²) in [5.41, 5.74) is 12.9. The van der Waals surface area contributed by atoms with Gasteiger partial charge in [0.1, 0.15) is 12.0 Å². The van der Waals surface area contributed by atoms with Crippen LogP contribution in [0.3, 0.4) is 0 Å². The Morgan fingerprint density at radius 1 is 1.09 bits per heavy atom. The van der Waals surface area contributed by atoms with Gasteiger partial charge in [0, 0.05) is 23.4 Å². The van der Waals surface area contributed by atoms with Gasteiger partial charge >= 0.3 is 17.8 Å². The first kappa shape index (κ1) is 25.2. The molecule has 1 heterocycles. The van der Waals surface area contributed by atoms with E-state index in [9.17, 15) is 24.3 Å². The van der Waals surface area contributed by atoms with Crippen molar-refractivity contribution in [2.45, 2.75) is 32.0 Å². The topological polar surface area (TPSA) is 183 Å². The van der Waals surface area contributed by atoms with Crippen molar-refractivity contribution >= 4 is 35.2 Å². The molecule has 0 aliphatic carbocycles. The number of amidine groups is 1. The van der Waals surface area contributed by atoms with E-state index in [-0.39, 0.29) is 24.5 Å². The number of amides is 3.